The average molecular weight is 471 g/mol. The number of nitrogens with zero attached hydrogens (tertiary/aromatic N) is 3. The van der Waals surface area contributed by atoms with Gasteiger partial charge in [0.2, 0.25) is 15.9 Å². The molecule has 0 bridgehead atoms. The maximum Gasteiger partial charge on any atom is 0.321 e. The first-order valence-corrected chi connectivity index (χ1v) is 12.8. The molecule has 0 aromatic heterocycles. The van der Waals surface area contributed by atoms with Crippen molar-refractivity contribution in [2.75, 3.05) is 44.6 Å². The standard InChI is InChI=1S/C24H30N4O4S/c1-19-7-5-9-21(17-19)25-24(30)27-12-6-8-20(18-27)23(29)26-13-15-28(16-14-26)33(31,32)22-10-3-2-4-11-22/h2-5,7,9-11,17,20H,6,8,12-16,18H2,1H3,(H,25,30). The second-order valence-electron chi connectivity index (χ2n) is 8.63. The zero-order chi connectivity index (χ0) is 23.4. The number of hydrogen-bond acceptors (Lipinski definition) is 4. The van der Waals surface area contributed by atoms with E-state index in [1.54, 1.807) is 40.1 Å². The van der Waals surface area contributed by atoms with E-state index >= 15 is 0 Å². The second-order valence-corrected chi connectivity index (χ2v) is 10.6. The first-order chi connectivity index (χ1) is 15.8. The van der Waals surface area contributed by atoms with E-state index in [0.29, 0.717) is 26.2 Å². The molecule has 0 saturated carbocycles. The SMILES string of the molecule is Cc1cccc(NC(=O)N2CCCC(C(=O)N3CCN(S(=O)(=O)c4ccccc4)CC3)C2)c1. The number of aryl methyl sites for hydroxylation is 1. The zero-order valence-electron chi connectivity index (χ0n) is 18.8. The molecule has 2 heterocycles. The summed E-state index contributed by atoms with van der Waals surface area (Å²) in [6.07, 6.45) is 1.50. The predicted octanol–water partition coefficient (Wildman–Crippen LogP) is 2.77. The quantitative estimate of drug-likeness (QED) is 0.744. The minimum atomic E-state index is -3.55. The number of piperazine rings is 1. The van der Waals surface area contributed by atoms with Crippen LogP contribution in [0.1, 0.15) is 18.4 Å². The van der Waals surface area contributed by atoms with Crippen molar-refractivity contribution in [2.45, 2.75) is 24.7 Å². The number of likely N-dealkylation sites (tertiary alicyclic amines) is 1. The van der Waals surface area contributed by atoms with Gasteiger partial charge < -0.3 is 15.1 Å². The fourth-order valence-electron chi connectivity index (χ4n) is 4.44. The molecule has 33 heavy (non-hydrogen) atoms. The Hall–Kier alpha value is -2.91. The molecule has 3 amide bonds. The summed E-state index contributed by atoms with van der Waals surface area (Å²) >= 11 is 0. The maximum atomic E-state index is 13.2. The summed E-state index contributed by atoms with van der Waals surface area (Å²) in [7, 11) is -3.55. The molecule has 1 N–H and O–H groups in total. The summed E-state index contributed by atoms with van der Waals surface area (Å²) < 4.78 is 27.1. The van der Waals surface area contributed by atoms with Gasteiger partial charge in [0.05, 0.1) is 10.8 Å². The lowest BCUT2D eigenvalue weighted by atomic mass is 9.96. The molecule has 2 aliphatic rings. The molecule has 2 aliphatic heterocycles. The highest BCUT2D eigenvalue weighted by molar-refractivity contribution is 7.89. The number of urea groups is 1. The van der Waals surface area contributed by atoms with Crippen molar-refractivity contribution in [2.24, 2.45) is 5.92 Å². The van der Waals surface area contributed by atoms with E-state index in [4.69, 9.17) is 0 Å². The van der Waals surface area contributed by atoms with Gasteiger partial charge in [0.15, 0.2) is 0 Å². The lowest BCUT2D eigenvalue weighted by Crippen LogP contribution is -2.54. The minimum absolute atomic E-state index is 0.000172. The van der Waals surface area contributed by atoms with Crippen LogP contribution in [-0.4, -0.2) is 73.7 Å². The van der Waals surface area contributed by atoms with E-state index in [2.05, 4.69) is 5.32 Å². The van der Waals surface area contributed by atoms with Gasteiger partial charge in [0, 0.05) is 45.0 Å². The Morgan fingerprint density at radius 3 is 2.33 bits per heavy atom. The van der Waals surface area contributed by atoms with E-state index in [0.717, 1.165) is 24.1 Å². The Kier molecular flexibility index (Phi) is 6.99. The molecule has 1 unspecified atom stereocenters. The Labute approximate surface area is 195 Å². The molecule has 2 saturated heterocycles. The van der Waals surface area contributed by atoms with Crippen molar-refractivity contribution < 1.29 is 18.0 Å². The summed E-state index contributed by atoms with van der Waals surface area (Å²) in [5.74, 6) is -0.265. The lowest BCUT2D eigenvalue weighted by Gasteiger charge is -2.38. The minimum Gasteiger partial charge on any atom is -0.340 e. The van der Waals surface area contributed by atoms with Crippen LogP contribution in [0.3, 0.4) is 0 Å². The first-order valence-electron chi connectivity index (χ1n) is 11.3. The van der Waals surface area contributed by atoms with Crippen molar-refractivity contribution in [3.05, 3.63) is 60.2 Å². The third kappa shape index (κ3) is 5.36. The highest BCUT2D eigenvalue weighted by Crippen LogP contribution is 2.23. The molecular weight excluding hydrogens is 440 g/mol. The molecule has 2 fully saturated rings. The molecule has 1 atom stereocenters. The summed E-state index contributed by atoms with van der Waals surface area (Å²) in [6.45, 7) is 4.22. The van der Waals surface area contributed by atoms with Gasteiger partial charge in [-0.3, -0.25) is 4.79 Å². The van der Waals surface area contributed by atoms with E-state index < -0.39 is 10.0 Å². The molecule has 0 aliphatic carbocycles. The van der Waals surface area contributed by atoms with E-state index in [9.17, 15) is 18.0 Å². The van der Waals surface area contributed by atoms with Crippen molar-refractivity contribution in [1.29, 1.82) is 0 Å². The summed E-state index contributed by atoms with van der Waals surface area (Å²) in [6, 6.07) is 15.8. The predicted molar refractivity (Wildman–Crippen MR) is 126 cm³/mol. The van der Waals surface area contributed by atoms with Gasteiger partial charge in [-0.2, -0.15) is 4.31 Å². The third-order valence-corrected chi connectivity index (χ3v) is 8.17. The molecule has 2 aromatic carbocycles. The molecule has 2 aromatic rings. The Bertz CT molecular complexity index is 1100. The third-order valence-electron chi connectivity index (χ3n) is 6.26. The van der Waals surface area contributed by atoms with E-state index in [1.165, 1.54) is 4.31 Å². The van der Waals surface area contributed by atoms with Crippen LogP contribution in [0.2, 0.25) is 0 Å². The summed E-state index contributed by atoms with van der Waals surface area (Å²) in [5.41, 5.74) is 1.80. The fraction of sp³-hybridized carbons (Fsp3) is 0.417. The highest BCUT2D eigenvalue weighted by Gasteiger charge is 2.35. The van der Waals surface area contributed by atoms with E-state index in [1.807, 2.05) is 31.2 Å². The average Bonchev–Trinajstić information content (AvgIpc) is 2.84. The molecule has 9 heteroatoms. The Morgan fingerprint density at radius 1 is 0.909 bits per heavy atom. The number of benzene rings is 2. The van der Waals surface area contributed by atoms with Crippen molar-refractivity contribution in [3.63, 3.8) is 0 Å². The number of anilines is 1. The zero-order valence-corrected chi connectivity index (χ0v) is 19.6. The van der Waals surface area contributed by atoms with Gasteiger partial charge in [-0.1, -0.05) is 30.3 Å². The van der Waals surface area contributed by atoms with Crippen molar-refractivity contribution in [3.8, 4) is 0 Å². The van der Waals surface area contributed by atoms with Crippen LogP contribution in [0.15, 0.2) is 59.5 Å². The molecule has 0 spiro atoms. The van der Waals surface area contributed by atoms with Crippen LogP contribution in [0, 0.1) is 12.8 Å². The Balaban J connectivity index is 1.32. The van der Waals surface area contributed by atoms with Crippen LogP contribution in [-0.2, 0) is 14.8 Å². The molecule has 176 valence electrons. The van der Waals surface area contributed by atoms with Gasteiger partial charge in [-0.05, 0) is 49.6 Å². The summed E-state index contributed by atoms with van der Waals surface area (Å²) in [4.78, 5) is 29.6. The molecular formula is C24H30N4O4S. The number of hydrogen-bond donors (Lipinski definition) is 1. The van der Waals surface area contributed by atoms with E-state index in [-0.39, 0.29) is 35.8 Å². The van der Waals surface area contributed by atoms with Gasteiger partial charge in [-0.15, -0.1) is 0 Å². The van der Waals surface area contributed by atoms with Gasteiger partial charge in [-0.25, -0.2) is 13.2 Å². The van der Waals surface area contributed by atoms with Gasteiger partial charge in [0.1, 0.15) is 0 Å². The largest absolute Gasteiger partial charge is 0.340 e. The first kappa shape index (κ1) is 23.3. The van der Waals surface area contributed by atoms with Crippen molar-refractivity contribution in [1.82, 2.24) is 14.1 Å². The number of amides is 3. The number of carbonyl (C=O) groups is 2. The normalized spacial score (nSPS) is 19.8. The van der Waals surface area contributed by atoms with Gasteiger partial charge >= 0.3 is 6.03 Å². The number of rotatable bonds is 4. The molecule has 4 rings (SSSR count). The monoisotopic (exact) mass is 470 g/mol. The van der Waals surface area contributed by atoms with Crippen LogP contribution < -0.4 is 5.32 Å². The summed E-state index contributed by atoms with van der Waals surface area (Å²) in [5, 5.41) is 2.92. The fourth-order valence-corrected chi connectivity index (χ4v) is 5.88. The Morgan fingerprint density at radius 2 is 1.64 bits per heavy atom. The number of sulfonamides is 1. The molecule has 0 radical (unpaired) electrons. The second kappa shape index (κ2) is 9.93. The van der Waals surface area contributed by atoms with Crippen LogP contribution in [0.25, 0.3) is 0 Å². The number of nitrogens with one attached hydrogen (secondary N) is 1. The van der Waals surface area contributed by atoms with Gasteiger partial charge in [0.25, 0.3) is 0 Å². The van der Waals surface area contributed by atoms with Crippen LogP contribution in [0.4, 0.5) is 10.5 Å². The molecule has 8 nitrogen and oxygen atoms in total. The van der Waals surface area contributed by atoms with Crippen molar-refractivity contribution >= 4 is 27.6 Å². The topological polar surface area (TPSA) is 90.0 Å². The van der Waals surface area contributed by atoms with Crippen LogP contribution >= 0.6 is 0 Å². The lowest BCUT2D eigenvalue weighted by molar-refractivity contribution is -0.138. The van der Waals surface area contributed by atoms with Crippen LogP contribution in [0.5, 0.6) is 0 Å². The smallest absolute Gasteiger partial charge is 0.321 e. The number of carbonyl (C=O) groups excluding carboxylic acids is 2. The maximum absolute atomic E-state index is 13.2. The number of piperidine rings is 1. The highest BCUT2D eigenvalue weighted by atomic mass is 32.2.